The summed E-state index contributed by atoms with van der Waals surface area (Å²) in [6.45, 7) is 7.04. The SMILES string of the molecule is CNC(C)C(=O)NCCCC(C)C. The summed E-state index contributed by atoms with van der Waals surface area (Å²) in [5.41, 5.74) is 0. The van der Waals surface area contributed by atoms with Crippen molar-refractivity contribution in [3.63, 3.8) is 0 Å². The quantitative estimate of drug-likeness (QED) is 0.611. The molecular formula is C10H22N2O. The molecular weight excluding hydrogens is 164 g/mol. The molecule has 0 bridgehead atoms. The molecule has 0 rings (SSSR count). The van der Waals surface area contributed by atoms with Crippen molar-refractivity contribution in [3.05, 3.63) is 0 Å². The van der Waals surface area contributed by atoms with Crippen molar-refractivity contribution < 1.29 is 4.79 Å². The Morgan fingerprint density at radius 3 is 2.38 bits per heavy atom. The minimum Gasteiger partial charge on any atom is -0.355 e. The Bertz CT molecular complexity index is 146. The summed E-state index contributed by atoms with van der Waals surface area (Å²) in [6.07, 6.45) is 2.24. The number of likely N-dealkylation sites (N-methyl/N-ethyl adjacent to an activating group) is 1. The number of rotatable bonds is 6. The first-order chi connectivity index (χ1) is 6.07. The minimum atomic E-state index is -0.0842. The van der Waals surface area contributed by atoms with E-state index in [1.54, 1.807) is 7.05 Å². The lowest BCUT2D eigenvalue weighted by Crippen LogP contribution is -2.40. The van der Waals surface area contributed by atoms with Crippen molar-refractivity contribution in [1.82, 2.24) is 10.6 Å². The van der Waals surface area contributed by atoms with Gasteiger partial charge in [0.15, 0.2) is 0 Å². The van der Waals surface area contributed by atoms with Gasteiger partial charge >= 0.3 is 0 Å². The number of nitrogens with one attached hydrogen (secondary N) is 2. The first kappa shape index (κ1) is 12.4. The average molecular weight is 186 g/mol. The molecule has 0 aromatic rings. The van der Waals surface area contributed by atoms with E-state index >= 15 is 0 Å². The molecule has 78 valence electrons. The molecule has 0 aliphatic rings. The fourth-order valence-electron chi connectivity index (χ4n) is 1.01. The maximum atomic E-state index is 11.2. The zero-order valence-electron chi connectivity index (χ0n) is 9.18. The summed E-state index contributed by atoms with van der Waals surface area (Å²) in [4.78, 5) is 11.2. The highest BCUT2D eigenvalue weighted by molar-refractivity contribution is 5.81. The van der Waals surface area contributed by atoms with Crippen molar-refractivity contribution in [1.29, 1.82) is 0 Å². The van der Waals surface area contributed by atoms with Crippen LogP contribution in [0.1, 0.15) is 33.6 Å². The lowest BCUT2D eigenvalue weighted by Gasteiger charge is -2.11. The summed E-state index contributed by atoms with van der Waals surface area (Å²) in [6, 6.07) is -0.0842. The molecule has 13 heavy (non-hydrogen) atoms. The second kappa shape index (κ2) is 6.89. The van der Waals surface area contributed by atoms with Crippen LogP contribution < -0.4 is 10.6 Å². The zero-order valence-corrected chi connectivity index (χ0v) is 9.18. The predicted octanol–water partition coefficient (Wildman–Crippen LogP) is 1.15. The average Bonchev–Trinajstić information content (AvgIpc) is 2.10. The van der Waals surface area contributed by atoms with E-state index < -0.39 is 0 Å². The van der Waals surface area contributed by atoms with E-state index in [0.717, 1.165) is 18.9 Å². The van der Waals surface area contributed by atoms with Crippen LogP contribution in [0.25, 0.3) is 0 Å². The summed E-state index contributed by atoms with van der Waals surface area (Å²) in [5, 5.41) is 5.79. The smallest absolute Gasteiger partial charge is 0.236 e. The van der Waals surface area contributed by atoms with Gasteiger partial charge in [-0.05, 0) is 32.7 Å². The lowest BCUT2D eigenvalue weighted by molar-refractivity contribution is -0.122. The number of amides is 1. The minimum absolute atomic E-state index is 0.0842. The predicted molar refractivity (Wildman–Crippen MR) is 55.6 cm³/mol. The molecule has 0 saturated heterocycles. The van der Waals surface area contributed by atoms with E-state index in [9.17, 15) is 4.79 Å². The molecule has 0 aromatic heterocycles. The van der Waals surface area contributed by atoms with E-state index in [2.05, 4.69) is 24.5 Å². The summed E-state index contributed by atoms with van der Waals surface area (Å²) >= 11 is 0. The van der Waals surface area contributed by atoms with Gasteiger partial charge in [-0.1, -0.05) is 13.8 Å². The molecule has 0 spiro atoms. The monoisotopic (exact) mass is 186 g/mol. The summed E-state index contributed by atoms with van der Waals surface area (Å²) < 4.78 is 0. The third-order valence-electron chi connectivity index (χ3n) is 2.08. The zero-order chi connectivity index (χ0) is 10.3. The maximum absolute atomic E-state index is 11.2. The van der Waals surface area contributed by atoms with E-state index in [4.69, 9.17) is 0 Å². The summed E-state index contributed by atoms with van der Waals surface area (Å²) in [7, 11) is 1.79. The number of carbonyl (C=O) groups is 1. The van der Waals surface area contributed by atoms with Gasteiger partial charge in [-0.15, -0.1) is 0 Å². The third kappa shape index (κ3) is 6.58. The molecule has 3 heteroatoms. The van der Waals surface area contributed by atoms with Crippen molar-refractivity contribution in [3.8, 4) is 0 Å². The van der Waals surface area contributed by atoms with Crippen LogP contribution in [-0.4, -0.2) is 25.5 Å². The van der Waals surface area contributed by atoms with E-state index in [1.165, 1.54) is 6.42 Å². The van der Waals surface area contributed by atoms with Gasteiger partial charge in [-0.3, -0.25) is 4.79 Å². The molecule has 0 aliphatic heterocycles. The Kier molecular flexibility index (Phi) is 6.59. The van der Waals surface area contributed by atoms with Gasteiger partial charge in [0.25, 0.3) is 0 Å². The van der Waals surface area contributed by atoms with E-state index in [-0.39, 0.29) is 11.9 Å². The van der Waals surface area contributed by atoms with E-state index in [1.807, 2.05) is 6.92 Å². The highest BCUT2D eigenvalue weighted by Gasteiger charge is 2.08. The van der Waals surface area contributed by atoms with E-state index in [0.29, 0.717) is 0 Å². The van der Waals surface area contributed by atoms with Crippen LogP contribution in [0.3, 0.4) is 0 Å². The number of carbonyl (C=O) groups excluding carboxylic acids is 1. The molecule has 0 aliphatic carbocycles. The second-order valence-electron chi connectivity index (χ2n) is 3.84. The fraction of sp³-hybridized carbons (Fsp3) is 0.900. The molecule has 3 nitrogen and oxygen atoms in total. The Hall–Kier alpha value is -0.570. The molecule has 0 fully saturated rings. The molecule has 1 atom stereocenters. The molecule has 0 aromatic carbocycles. The first-order valence-corrected chi connectivity index (χ1v) is 5.03. The van der Waals surface area contributed by atoms with Gasteiger partial charge in [0.05, 0.1) is 6.04 Å². The van der Waals surface area contributed by atoms with Crippen LogP contribution in [0, 0.1) is 5.92 Å². The van der Waals surface area contributed by atoms with Gasteiger partial charge < -0.3 is 10.6 Å². The van der Waals surface area contributed by atoms with Gasteiger partial charge in [-0.2, -0.15) is 0 Å². The van der Waals surface area contributed by atoms with Crippen LogP contribution >= 0.6 is 0 Å². The fourth-order valence-corrected chi connectivity index (χ4v) is 1.01. The molecule has 0 heterocycles. The summed E-state index contributed by atoms with van der Waals surface area (Å²) in [5.74, 6) is 0.810. The number of hydrogen-bond acceptors (Lipinski definition) is 2. The van der Waals surface area contributed by atoms with Crippen molar-refractivity contribution in [2.24, 2.45) is 5.92 Å². The Morgan fingerprint density at radius 1 is 1.31 bits per heavy atom. The number of hydrogen-bond donors (Lipinski definition) is 2. The van der Waals surface area contributed by atoms with Crippen molar-refractivity contribution in [2.45, 2.75) is 39.7 Å². The Labute approximate surface area is 81.3 Å². The van der Waals surface area contributed by atoms with Gasteiger partial charge in [0.1, 0.15) is 0 Å². The van der Waals surface area contributed by atoms with Gasteiger partial charge in [0.2, 0.25) is 5.91 Å². The van der Waals surface area contributed by atoms with Crippen LogP contribution in [0.5, 0.6) is 0 Å². The molecule has 0 radical (unpaired) electrons. The second-order valence-corrected chi connectivity index (χ2v) is 3.84. The molecule has 1 unspecified atom stereocenters. The van der Waals surface area contributed by atoms with Gasteiger partial charge in [0, 0.05) is 6.54 Å². The molecule has 2 N–H and O–H groups in total. The largest absolute Gasteiger partial charge is 0.355 e. The highest BCUT2D eigenvalue weighted by Crippen LogP contribution is 2.01. The topological polar surface area (TPSA) is 41.1 Å². The lowest BCUT2D eigenvalue weighted by atomic mass is 10.1. The first-order valence-electron chi connectivity index (χ1n) is 5.03. The normalized spacial score (nSPS) is 13.0. The maximum Gasteiger partial charge on any atom is 0.236 e. The van der Waals surface area contributed by atoms with Crippen LogP contribution in [-0.2, 0) is 4.79 Å². The molecule has 1 amide bonds. The Morgan fingerprint density at radius 2 is 1.92 bits per heavy atom. The standard InChI is InChI=1S/C10H22N2O/c1-8(2)6-5-7-12-10(13)9(3)11-4/h8-9,11H,5-7H2,1-4H3,(H,12,13). The Balaban J connectivity index is 3.37. The van der Waals surface area contributed by atoms with Crippen molar-refractivity contribution >= 4 is 5.91 Å². The van der Waals surface area contributed by atoms with Crippen LogP contribution in [0.2, 0.25) is 0 Å². The van der Waals surface area contributed by atoms with Crippen LogP contribution in [0.4, 0.5) is 0 Å². The van der Waals surface area contributed by atoms with Crippen molar-refractivity contribution in [2.75, 3.05) is 13.6 Å². The third-order valence-corrected chi connectivity index (χ3v) is 2.08. The van der Waals surface area contributed by atoms with Gasteiger partial charge in [-0.25, -0.2) is 0 Å². The van der Waals surface area contributed by atoms with Crippen LogP contribution in [0.15, 0.2) is 0 Å². The highest BCUT2D eigenvalue weighted by atomic mass is 16.2. The molecule has 0 saturated carbocycles.